The second-order valence-corrected chi connectivity index (χ2v) is 15.7. The molecular weight excluding hydrogens is 807 g/mol. The highest BCUT2D eigenvalue weighted by atomic mass is 16.3. The molecule has 0 aliphatic rings. The number of nitrogens with one attached hydrogen (secondary N) is 6. The minimum absolute atomic E-state index is 0.00102. The van der Waals surface area contributed by atoms with E-state index in [0.717, 1.165) is 16.5 Å². The molecule has 0 bridgehead atoms. The number of hydrogen-bond donors (Lipinski definition) is 11. The number of hydrogen-bond acceptors (Lipinski definition) is 9. The van der Waals surface area contributed by atoms with Crippen molar-refractivity contribution < 1.29 is 33.9 Å². The SMILES string of the molecule is CC[C@@H](C)[C@@H](NC(=O)[C@@H](Cc1ccccc1)NC(=O)[C@H](Cc1c[nH]c2ccccc12)NC(=O)[C@@H](N)CCCN=C(N)N)C(=O)N[C@H](Cc1ccccc1)C(=O)N[C@@H](C(N)=O)[C@H](C)O. The Bertz CT molecular complexity index is 2180. The fourth-order valence-corrected chi connectivity index (χ4v) is 6.95. The van der Waals surface area contributed by atoms with Crippen molar-refractivity contribution in [2.24, 2.45) is 33.8 Å². The molecule has 18 heteroatoms. The first kappa shape index (κ1) is 48.9. The van der Waals surface area contributed by atoms with Gasteiger partial charge >= 0.3 is 0 Å². The Labute approximate surface area is 366 Å². The molecule has 0 radical (unpaired) electrons. The van der Waals surface area contributed by atoms with Crippen LogP contribution in [0.2, 0.25) is 0 Å². The van der Waals surface area contributed by atoms with Crippen LogP contribution in [-0.4, -0.2) is 100 Å². The summed E-state index contributed by atoms with van der Waals surface area (Å²) in [5.74, 6) is -4.98. The summed E-state index contributed by atoms with van der Waals surface area (Å²) in [5, 5.41) is 24.6. The summed E-state index contributed by atoms with van der Waals surface area (Å²) < 4.78 is 0. The van der Waals surface area contributed by atoms with E-state index >= 15 is 0 Å². The molecule has 0 spiro atoms. The molecule has 4 aromatic rings. The normalized spacial score (nSPS) is 14.9. The van der Waals surface area contributed by atoms with Gasteiger partial charge in [-0.1, -0.05) is 99.1 Å². The van der Waals surface area contributed by atoms with Gasteiger partial charge in [-0.3, -0.25) is 33.8 Å². The Kier molecular flexibility index (Phi) is 18.6. The third kappa shape index (κ3) is 15.0. The van der Waals surface area contributed by atoms with Crippen LogP contribution in [0.15, 0.2) is 96.1 Å². The van der Waals surface area contributed by atoms with Gasteiger partial charge in [-0.25, -0.2) is 0 Å². The summed E-state index contributed by atoms with van der Waals surface area (Å²) in [5.41, 5.74) is 25.5. The minimum Gasteiger partial charge on any atom is -0.391 e. The third-order valence-corrected chi connectivity index (χ3v) is 10.7. The van der Waals surface area contributed by atoms with Crippen molar-refractivity contribution in [1.29, 1.82) is 0 Å². The highest BCUT2D eigenvalue weighted by Gasteiger charge is 2.35. The number of amides is 6. The Morgan fingerprint density at radius 3 is 1.68 bits per heavy atom. The smallest absolute Gasteiger partial charge is 0.243 e. The maximum absolute atomic E-state index is 14.5. The Morgan fingerprint density at radius 2 is 1.14 bits per heavy atom. The Morgan fingerprint density at radius 1 is 0.651 bits per heavy atom. The van der Waals surface area contributed by atoms with E-state index in [1.54, 1.807) is 67.7 Å². The lowest BCUT2D eigenvalue weighted by Gasteiger charge is -2.30. The zero-order chi connectivity index (χ0) is 46.1. The van der Waals surface area contributed by atoms with E-state index in [9.17, 15) is 33.9 Å². The number of fused-ring (bicyclic) bond motifs is 1. The fraction of sp³-hybridized carbons (Fsp3) is 0.400. The minimum atomic E-state index is -1.43. The van der Waals surface area contributed by atoms with Gasteiger partial charge in [0, 0.05) is 42.9 Å². The van der Waals surface area contributed by atoms with E-state index in [-0.39, 0.29) is 38.2 Å². The second-order valence-electron chi connectivity index (χ2n) is 15.7. The Balaban J connectivity index is 1.62. The number of aliphatic hydroxyl groups is 1. The van der Waals surface area contributed by atoms with Gasteiger partial charge in [-0.15, -0.1) is 0 Å². The molecule has 15 N–H and O–H groups in total. The quantitative estimate of drug-likeness (QED) is 0.0253. The van der Waals surface area contributed by atoms with E-state index in [0.29, 0.717) is 24.0 Å². The van der Waals surface area contributed by atoms with Gasteiger partial charge in [-0.05, 0) is 48.4 Å². The lowest BCUT2D eigenvalue weighted by molar-refractivity contribution is -0.136. The van der Waals surface area contributed by atoms with Crippen LogP contribution in [0.25, 0.3) is 10.9 Å². The average Bonchev–Trinajstić information content (AvgIpc) is 3.67. The van der Waals surface area contributed by atoms with Gasteiger partial charge in [0.05, 0.1) is 12.1 Å². The lowest BCUT2D eigenvalue weighted by Crippen LogP contribution is -2.61. The fourth-order valence-electron chi connectivity index (χ4n) is 6.95. The molecule has 63 heavy (non-hydrogen) atoms. The molecular formula is C45H61N11O7. The number of carbonyl (C=O) groups excluding carboxylic acids is 6. The van der Waals surface area contributed by atoms with Gasteiger partial charge in [0.15, 0.2) is 5.96 Å². The van der Waals surface area contributed by atoms with Crippen LogP contribution >= 0.6 is 0 Å². The van der Waals surface area contributed by atoms with Crippen molar-refractivity contribution in [2.45, 2.75) is 102 Å². The van der Waals surface area contributed by atoms with E-state index in [1.165, 1.54) is 6.92 Å². The van der Waals surface area contributed by atoms with Crippen LogP contribution in [0.5, 0.6) is 0 Å². The number of primary amides is 1. The number of nitrogens with zero attached hydrogens (tertiary/aromatic N) is 1. The zero-order valence-corrected chi connectivity index (χ0v) is 35.9. The number of para-hydroxylation sites is 1. The van der Waals surface area contributed by atoms with Gasteiger partial charge in [-0.2, -0.15) is 0 Å². The van der Waals surface area contributed by atoms with Crippen molar-refractivity contribution in [2.75, 3.05) is 6.54 Å². The molecule has 0 saturated heterocycles. The highest BCUT2D eigenvalue weighted by Crippen LogP contribution is 2.20. The molecule has 8 atom stereocenters. The summed E-state index contributed by atoms with van der Waals surface area (Å²) in [6.45, 7) is 5.14. The van der Waals surface area contributed by atoms with Gasteiger partial charge in [0.1, 0.15) is 30.2 Å². The number of aliphatic imine (C=N–C) groups is 1. The van der Waals surface area contributed by atoms with Crippen LogP contribution in [0, 0.1) is 5.92 Å². The van der Waals surface area contributed by atoms with E-state index in [1.807, 2.05) is 37.3 Å². The maximum atomic E-state index is 14.5. The lowest BCUT2D eigenvalue weighted by atomic mass is 9.96. The average molecular weight is 868 g/mol. The number of nitrogens with two attached hydrogens (primary N) is 4. The second kappa shape index (κ2) is 24.0. The Hall–Kier alpha value is -6.79. The molecule has 0 aliphatic carbocycles. The third-order valence-electron chi connectivity index (χ3n) is 10.7. The molecule has 0 unspecified atom stereocenters. The summed E-state index contributed by atoms with van der Waals surface area (Å²) in [6.07, 6.45) is 1.54. The topological polar surface area (TPSA) is 315 Å². The van der Waals surface area contributed by atoms with Gasteiger partial charge in [0.2, 0.25) is 35.4 Å². The summed E-state index contributed by atoms with van der Waals surface area (Å²) in [7, 11) is 0. The van der Waals surface area contributed by atoms with Gasteiger partial charge in [0.25, 0.3) is 0 Å². The molecule has 0 fully saturated rings. The molecule has 338 valence electrons. The van der Waals surface area contributed by atoms with Crippen LogP contribution < -0.4 is 49.5 Å². The standard InChI is InChI=1S/C45H61N11O7/c1-4-26(2)37(44(63)54-35(23-29-16-9-6-10-17-29)43(62)56-38(27(3)57)39(47)58)55-42(61)34(22-28-14-7-5-8-15-28)53-41(60)36(24-30-25-51-33-20-12-11-18-31(30)33)52-40(59)32(46)19-13-21-50-45(48)49/h5-12,14-18,20,25-27,32,34-38,51,57H,4,13,19,21-24,46H2,1-3H3,(H2,47,58)(H,52,59)(H,53,60)(H,54,63)(H,55,61)(H,56,62)(H4,48,49,50)/t26-,27+,32+,34-,35-,36+,37-,38-/m1/s1. The number of aliphatic hydroxyl groups excluding tert-OH is 1. The maximum Gasteiger partial charge on any atom is 0.243 e. The number of guanidine groups is 1. The van der Waals surface area contributed by atoms with Crippen LogP contribution in [-0.2, 0) is 48.0 Å². The van der Waals surface area contributed by atoms with Gasteiger partial charge < -0.3 is 59.6 Å². The molecule has 0 aliphatic heterocycles. The monoisotopic (exact) mass is 867 g/mol. The number of aromatic amines is 1. The van der Waals surface area contributed by atoms with Crippen molar-refractivity contribution >= 4 is 52.3 Å². The largest absolute Gasteiger partial charge is 0.391 e. The molecule has 1 aromatic heterocycles. The van der Waals surface area contributed by atoms with Crippen LogP contribution in [0.1, 0.15) is 56.7 Å². The van der Waals surface area contributed by atoms with Crippen molar-refractivity contribution in [3.05, 3.63) is 108 Å². The molecule has 6 amide bonds. The number of benzene rings is 3. The van der Waals surface area contributed by atoms with E-state index in [2.05, 4.69) is 36.6 Å². The summed E-state index contributed by atoms with van der Waals surface area (Å²) >= 11 is 0. The van der Waals surface area contributed by atoms with E-state index < -0.39 is 83.7 Å². The predicted molar refractivity (Wildman–Crippen MR) is 240 cm³/mol. The van der Waals surface area contributed by atoms with Crippen molar-refractivity contribution in [3.8, 4) is 0 Å². The van der Waals surface area contributed by atoms with E-state index in [4.69, 9.17) is 22.9 Å². The summed E-state index contributed by atoms with van der Waals surface area (Å²) in [4.78, 5) is 89.4. The number of carbonyl (C=O) groups is 6. The van der Waals surface area contributed by atoms with Crippen LogP contribution in [0.3, 0.4) is 0 Å². The van der Waals surface area contributed by atoms with Crippen molar-refractivity contribution in [1.82, 2.24) is 31.6 Å². The predicted octanol–water partition coefficient (Wildman–Crippen LogP) is -0.0871. The zero-order valence-electron chi connectivity index (χ0n) is 35.9. The number of aromatic nitrogens is 1. The molecule has 0 saturated carbocycles. The highest BCUT2D eigenvalue weighted by molar-refractivity contribution is 5.97. The first-order valence-electron chi connectivity index (χ1n) is 21.0. The van der Waals surface area contributed by atoms with Crippen molar-refractivity contribution in [3.63, 3.8) is 0 Å². The number of H-pyrrole nitrogens is 1. The molecule has 3 aromatic carbocycles. The number of rotatable bonds is 24. The summed E-state index contributed by atoms with van der Waals surface area (Å²) in [6, 6.07) is 17.9. The first-order chi connectivity index (χ1) is 30.1. The van der Waals surface area contributed by atoms with Crippen LogP contribution in [0.4, 0.5) is 0 Å². The first-order valence-corrected chi connectivity index (χ1v) is 21.0. The molecule has 1 heterocycles. The molecule has 4 rings (SSSR count). The molecule has 18 nitrogen and oxygen atoms in total.